The molecule has 2 aromatic heterocycles. The number of carbonyl (C=O) groups is 1. The number of hydrogen-bond donors (Lipinski definition) is 1. The number of halogens is 1. The predicted molar refractivity (Wildman–Crippen MR) is 64.8 cm³/mol. The summed E-state index contributed by atoms with van der Waals surface area (Å²) in [7, 11) is 1.80. The minimum atomic E-state index is -0.150. The van der Waals surface area contributed by atoms with E-state index >= 15 is 0 Å². The minimum absolute atomic E-state index is 0.139. The van der Waals surface area contributed by atoms with Crippen LogP contribution in [0.1, 0.15) is 13.8 Å². The van der Waals surface area contributed by atoms with E-state index in [9.17, 15) is 4.79 Å². The predicted octanol–water partition coefficient (Wildman–Crippen LogP) is 1.61. The molecule has 2 rings (SSSR count). The zero-order chi connectivity index (χ0) is 12.6. The highest BCUT2D eigenvalue weighted by Crippen LogP contribution is 2.19. The molecular formula is C10H12ClN5O. The van der Waals surface area contributed by atoms with E-state index < -0.39 is 0 Å². The third-order valence-electron chi connectivity index (χ3n) is 2.28. The molecule has 6 nitrogen and oxygen atoms in total. The third kappa shape index (κ3) is 2.21. The fourth-order valence-electron chi connectivity index (χ4n) is 1.28. The van der Waals surface area contributed by atoms with E-state index in [1.165, 1.54) is 0 Å². The number of amides is 1. The van der Waals surface area contributed by atoms with Gasteiger partial charge in [-0.15, -0.1) is 0 Å². The smallest absolute Gasteiger partial charge is 0.232 e. The number of fused-ring (bicyclic) bond motifs is 1. The summed E-state index contributed by atoms with van der Waals surface area (Å²) in [6.45, 7) is 3.58. The van der Waals surface area contributed by atoms with Crippen molar-refractivity contribution < 1.29 is 4.79 Å². The molecule has 2 heterocycles. The summed E-state index contributed by atoms with van der Waals surface area (Å²) in [5.74, 6) is -0.0907. The maximum atomic E-state index is 11.5. The van der Waals surface area contributed by atoms with Gasteiger partial charge in [0.15, 0.2) is 10.8 Å². The maximum Gasteiger partial charge on any atom is 0.232 e. The molecule has 17 heavy (non-hydrogen) atoms. The number of aryl methyl sites for hydroxylation is 1. The van der Waals surface area contributed by atoms with Gasteiger partial charge in [0.05, 0.1) is 6.33 Å². The lowest BCUT2D eigenvalue weighted by Crippen LogP contribution is -2.19. The monoisotopic (exact) mass is 253 g/mol. The molecule has 0 unspecified atom stereocenters. The SMILES string of the molecule is CC(C)C(=O)Nc1nc(Cl)c2ncn(C)c2n1. The molecule has 0 fully saturated rings. The summed E-state index contributed by atoms with van der Waals surface area (Å²) in [6.07, 6.45) is 1.60. The Bertz CT molecular complexity index is 577. The highest BCUT2D eigenvalue weighted by molar-refractivity contribution is 6.33. The highest BCUT2D eigenvalue weighted by Gasteiger charge is 2.13. The first kappa shape index (κ1) is 11.8. The second-order valence-corrected chi connectivity index (χ2v) is 4.37. The molecule has 1 amide bonds. The number of rotatable bonds is 2. The van der Waals surface area contributed by atoms with Gasteiger partial charge in [0, 0.05) is 13.0 Å². The Balaban J connectivity index is 2.42. The van der Waals surface area contributed by atoms with Crippen LogP contribution in [0.2, 0.25) is 5.15 Å². The average Bonchev–Trinajstić information content (AvgIpc) is 2.61. The van der Waals surface area contributed by atoms with Gasteiger partial charge in [-0.3, -0.25) is 10.1 Å². The second-order valence-electron chi connectivity index (χ2n) is 4.01. The lowest BCUT2D eigenvalue weighted by atomic mass is 10.2. The van der Waals surface area contributed by atoms with Gasteiger partial charge in [0.1, 0.15) is 5.52 Å². The average molecular weight is 254 g/mol. The van der Waals surface area contributed by atoms with Crippen LogP contribution in [-0.4, -0.2) is 25.4 Å². The molecule has 90 valence electrons. The Hall–Kier alpha value is -1.69. The van der Waals surface area contributed by atoms with Crippen molar-refractivity contribution in [3.8, 4) is 0 Å². The summed E-state index contributed by atoms with van der Waals surface area (Å²) in [5.41, 5.74) is 1.11. The Morgan fingerprint density at radius 3 is 2.82 bits per heavy atom. The van der Waals surface area contributed by atoms with Gasteiger partial charge in [0.25, 0.3) is 0 Å². The maximum absolute atomic E-state index is 11.5. The van der Waals surface area contributed by atoms with Gasteiger partial charge in [-0.1, -0.05) is 25.4 Å². The van der Waals surface area contributed by atoms with Crippen molar-refractivity contribution in [3.05, 3.63) is 11.5 Å². The van der Waals surface area contributed by atoms with Crippen LogP contribution in [0.5, 0.6) is 0 Å². The van der Waals surface area contributed by atoms with Crippen LogP contribution in [0.25, 0.3) is 11.2 Å². The summed E-state index contributed by atoms with van der Waals surface area (Å²) in [5, 5.41) is 2.84. The van der Waals surface area contributed by atoms with Crippen LogP contribution in [0.15, 0.2) is 6.33 Å². The van der Waals surface area contributed by atoms with E-state index in [1.54, 1.807) is 31.8 Å². The van der Waals surface area contributed by atoms with E-state index in [0.717, 1.165) is 0 Å². The van der Waals surface area contributed by atoms with Crippen LogP contribution >= 0.6 is 11.6 Å². The van der Waals surface area contributed by atoms with Crippen LogP contribution in [0.4, 0.5) is 5.95 Å². The van der Waals surface area contributed by atoms with E-state index in [0.29, 0.717) is 11.2 Å². The lowest BCUT2D eigenvalue weighted by Gasteiger charge is -2.06. The molecule has 7 heteroatoms. The number of hydrogen-bond acceptors (Lipinski definition) is 4. The molecule has 0 saturated carbocycles. The van der Waals surface area contributed by atoms with Crippen molar-refractivity contribution in [2.75, 3.05) is 5.32 Å². The second kappa shape index (κ2) is 4.29. The van der Waals surface area contributed by atoms with E-state index in [4.69, 9.17) is 11.6 Å². The molecule has 0 aliphatic heterocycles. The van der Waals surface area contributed by atoms with E-state index in [1.807, 2.05) is 0 Å². The number of aromatic nitrogens is 4. The van der Waals surface area contributed by atoms with Crippen LogP contribution in [0.3, 0.4) is 0 Å². The number of imidazole rings is 1. The summed E-state index contributed by atoms with van der Waals surface area (Å²) < 4.78 is 1.72. The molecule has 0 aliphatic carbocycles. The minimum Gasteiger partial charge on any atom is -0.318 e. The molecule has 0 aliphatic rings. The quantitative estimate of drug-likeness (QED) is 0.826. The normalized spacial score (nSPS) is 11.1. The van der Waals surface area contributed by atoms with Crippen molar-refractivity contribution in [1.82, 2.24) is 19.5 Å². The summed E-state index contributed by atoms with van der Waals surface area (Å²) in [4.78, 5) is 23.8. The van der Waals surface area contributed by atoms with Gasteiger partial charge >= 0.3 is 0 Å². The lowest BCUT2D eigenvalue weighted by molar-refractivity contribution is -0.118. The van der Waals surface area contributed by atoms with E-state index in [2.05, 4.69) is 20.3 Å². The van der Waals surface area contributed by atoms with Crippen molar-refractivity contribution in [3.63, 3.8) is 0 Å². The van der Waals surface area contributed by atoms with Crippen LogP contribution in [0, 0.1) is 5.92 Å². The Morgan fingerprint density at radius 1 is 1.47 bits per heavy atom. The molecule has 2 aromatic rings. The Kier molecular flexibility index (Phi) is 2.97. The zero-order valence-electron chi connectivity index (χ0n) is 9.73. The molecule has 0 radical (unpaired) electrons. The first-order valence-corrected chi connectivity index (χ1v) is 5.52. The zero-order valence-corrected chi connectivity index (χ0v) is 10.5. The van der Waals surface area contributed by atoms with Gasteiger partial charge < -0.3 is 4.57 Å². The molecule has 1 N–H and O–H groups in total. The van der Waals surface area contributed by atoms with Gasteiger partial charge in [0.2, 0.25) is 11.9 Å². The highest BCUT2D eigenvalue weighted by atomic mass is 35.5. The van der Waals surface area contributed by atoms with Crippen LogP contribution in [-0.2, 0) is 11.8 Å². The number of carbonyl (C=O) groups excluding carboxylic acids is 1. The first-order valence-electron chi connectivity index (χ1n) is 5.14. The fourth-order valence-corrected chi connectivity index (χ4v) is 1.50. The largest absolute Gasteiger partial charge is 0.318 e. The van der Waals surface area contributed by atoms with Gasteiger partial charge in [-0.2, -0.15) is 9.97 Å². The Morgan fingerprint density at radius 2 is 2.18 bits per heavy atom. The van der Waals surface area contributed by atoms with Crippen molar-refractivity contribution in [1.29, 1.82) is 0 Å². The molecule has 0 spiro atoms. The molecule has 0 aromatic carbocycles. The molecule has 0 atom stereocenters. The number of nitrogens with one attached hydrogen (secondary N) is 1. The number of anilines is 1. The molecule has 0 saturated heterocycles. The molecular weight excluding hydrogens is 242 g/mol. The number of nitrogens with zero attached hydrogens (tertiary/aromatic N) is 4. The van der Waals surface area contributed by atoms with Crippen molar-refractivity contribution in [2.45, 2.75) is 13.8 Å². The Labute approximate surface area is 103 Å². The van der Waals surface area contributed by atoms with Gasteiger partial charge in [-0.25, -0.2) is 4.98 Å². The fraction of sp³-hybridized carbons (Fsp3) is 0.400. The third-order valence-corrected chi connectivity index (χ3v) is 2.54. The standard InChI is InChI=1S/C10H12ClN5O/c1-5(2)9(17)15-10-13-7(11)6-8(14-10)16(3)4-12-6/h4-5H,1-3H3,(H,13,14,15,17). The van der Waals surface area contributed by atoms with Crippen LogP contribution < -0.4 is 5.32 Å². The van der Waals surface area contributed by atoms with Gasteiger partial charge in [-0.05, 0) is 0 Å². The summed E-state index contributed by atoms with van der Waals surface area (Å²) >= 11 is 5.96. The van der Waals surface area contributed by atoms with Crippen molar-refractivity contribution in [2.24, 2.45) is 13.0 Å². The summed E-state index contributed by atoms with van der Waals surface area (Å²) in [6, 6.07) is 0. The topological polar surface area (TPSA) is 72.7 Å². The van der Waals surface area contributed by atoms with Crippen molar-refractivity contribution >= 4 is 34.6 Å². The van der Waals surface area contributed by atoms with E-state index in [-0.39, 0.29) is 22.9 Å². The first-order chi connectivity index (χ1) is 7.99. The molecule has 0 bridgehead atoms.